The van der Waals surface area contributed by atoms with E-state index in [2.05, 4.69) is 5.32 Å². The van der Waals surface area contributed by atoms with Crippen molar-refractivity contribution in [1.29, 1.82) is 0 Å². The first-order valence-corrected chi connectivity index (χ1v) is 6.70. The lowest BCUT2D eigenvalue weighted by atomic mass is 9.99. The molecule has 1 aliphatic heterocycles. The summed E-state index contributed by atoms with van der Waals surface area (Å²) in [4.78, 5) is 12.0. The molecule has 21 heavy (non-hydrogen) atoms. The van der Waals surface area contributed by atoms with Gasteiger partial charge in [0.05, 0.1) is 5.56 Å². The van der Waals surface area contributed by atoms with E-state index in [1.54, 1.807) is 0 Å². The highest BCUT2D eigenvalue weighted by Crippen LogP contribution is 2.34. The van der Waals surface area contributed by atoms with Crippen LogP contribution in [0.3, 0.4) is 0 Å². The van der Waals surface area contributed by atoms with Crippen molar-refractivity contribution in [3.63, 3.8) is 0 Å². The van der Waals surface area contributed by atoms with Gasteiger partial charge in [0.25, 0.3) is 0 Å². The summed E-state index contributed by atoms with van der Waals surface area (Å²) in [5.41, 5.74) is 4.65. The summed E-state index contributed by atoms with van der Waals surface area (Å²) in [5.74, 6) is -0.491. The smallest absolute Gasteiger partial charge is 0.381 e. The molecule has 1 fully saturated rings. The van der Waals surface area contributed by atoms with Crippen molar-refractivity contribution in [3.8, 4) is 0 Å². The third-order valence-corrected chi connectivity index (χ3v) is 3.49. The maximum Gasteiger partial charge on any atom is 0.416 e. The van der Waals surface area contributed by atoms with Crippen molar-refractivity contribution in [1.82, 2.24) is 0 Å². The fourth-order valence-corrected chi connectivity index (χ4v) is 2.30. The SMILES string of the molecule is NCc1ccc(NC(=O)C2CCOCC2)cc1C(F)(F)F. The number of alkyl halides is 3. The second-order valence-electron chi connectivity index (χ2n) is 4.95. The van der Waals surface area contributed by atoms with Gasteiger partial charge < -0.3 is 15.8 Å². The lowest BCUT2D eigenvalue weighted by Gasteiger charge is -2.21. The Labute approximate surface area is 120 Å². The van der Waals surface area contributed by atoms with Gasteiger partial charge in [0.1, 0.15) is 0 Å². The lowest BCUT2D eigenvalue weighted by Crippen LogP contribution is -2.28. The van der Waals surface area contributed by atoms with Gasteiger partial charge in [-0.1, -0.05) is 6.07 Å². The zero-order valence-electron chi connectivity index (χ0n) is 11.4. The monoisotopic (exact) mass is 302 g/mol. The van der Waals surface area contributed by atoms with Gasteiger partial charge in [-0.3, -0.25) is 4.79 Å². The molecule has 116 valence electrons. The normalized spacial score (nSPS) is 16.8. The van der Waals surface area contributed by atoms with Gasteiger partial charge in [0, 0.05) is 31.4 Å². The molecule has 3 N–H and O–H groups in total. The zero-order chi connectivity index (χ0) is 15.5. The van der Waals surface area contributed by atoms with Gasteiger partial charge in [-0.25, -0.2) is 0 Å². The molecule has 0 spiro atoms. The van der Waals surface area contributed by atoms with Crippen LogP contribution in [-0.2, 0) is 22.3 Å². The summed E-state index contributed by atoms with van der Waals surface area (Å²) in [6.07, 6.45) is -3.33. The molecule has 4 nitrogen and oxygen atoms in total. The summed E-state index contributed by atoms with van der Waals surface area (Å²) in [6, 6.07) is 3.66. The van der Waals surface area contributed by atoms with E-state index >= 15 is 0 Å². The first kappa shape index (κ1) is 15.8. The molecule has 0 radical (unpaired) electrons. The fraction of sp³-hybridized carbons (Fsp3) is 0.500. The Morgan fingerprint density at radius 3 is 2.57 bits per heavy atom. The molecule has 2 rings (SSSR count). The predicted molar refractivity (Wildman–Crippen MR) is 71.5 cm³/mol. The summed E-state index contributed by atoms with van der Waals surface area (Å²) >= 11 is 0. The van der Waals surface area contributed by atoms with E-state index in [0.717, 1.165) is 6.07 Å². The number of hydrogen-bond donors (Lipinski definition) is 2. The third kappa shape index (κ3) is 3.95. The maximum absolute atomic E-state index is 12.9. The number of ether oxygens (including phenoxy) is 1. The van der Waals surface area contributed by atoms with Crippen molar-refractivity contribution in [2.45, 2.75) is 25.6 Å². The molecular formula is C14H17F3N2O2. The largest absolute Gasteiger partial charge is 0.416 e. The van der Waals surface area contributed by atoms with Crippen molar-refractivity contribution in [3.05, 3.63) is 29.3 Å². The zero-order valence-corrected chi connectivity index (χ0v) is 11.4. The van der Waals surface area contributed by atoms with Crippen LogP contribution >= 0.6 is 0 Å². The van der Waals surface area contributed by atoms with Crippen molar-refractivity contribution in [2.24, 2.45) is 11.7 Å². The maximum atomic E-state index is 12.9. The number of benzene rings is 1. The molecule has 0 bridgehead atoms. The highest BCUT2D eigenvalue weighted by molar-refractivity contribution is 5.92. The minimum Gasteiger partial charge on any atom is -0.381 e. The molecule has 1 aliphatic rings. The van der Waals surface area contributed by atoms with Crippen LogP contribution in [0.1, 0.15) is 24.0 Å². The highest BCUT2D eigenvalue weighted by Gasteiger charge is 2.33. The van der Waals surface area contributed by atoms with Crippen molar-refractivity contribution >= 4 is 11.6 Å². The van der Waals surface area contributed by atoms with Crippen LogP contribution in [0.25, 0.3) is 0 Å². The minimum absolute atomic E-state index is 0.00608. The number of rotatable bonds is 3. The molecule has 1 heterocycles. The molecule has 0 aromatic heterocycles. The highest BCUT2D eigenvalue weighted by atomic mass is 19.4. The van der Waals surface area contributed by atoms with E-state index in [4.69, 9.17) is 10.5 Å². The van der Waals surface area contributed by atoms with E-state index in [9.17, 15) is 18.0 Å². The Kier molecular flexibility index (Phi) is 4.84. The Balaban J connectivity index is 2.15. The topological polar surface area (TPSA) is 64.3 Å². The summed E-state index contributed by atoms with van der Waals surface area (Å²) in [6.45, 7) is 0.791. The van der Waals surface area contributed by atoms with Crippen molar-refractivity contribution in [2.75, 3.05) is 18.5 Å². The van der Waals surface area contributed by atoms with Crippen molar-refractivity contribution < 1.29 is 22.7 Å². The molecule has 0 atom stereocenters. The van der Waals surface area contributed by atoms with E-state index in [1.165, 1.54) is 12.1 Å². The number of carbonyl (C=O) groups is 1. The molecule has 1 aromatic rings. The molecular weight excluding hydrogens is 285 g/mol. The number of anilines is 1. The minimum atomic E-state index is -4.49. The number of amides is 1. The Morgan fingerprint density at radius 1 is 1.33 bits per heavy atom. The summed E-state index contributed by atoms with van der Waals surface area (Å²) in [5, 5.41) is 2.54. The lowest BCUT2D eigenvalue weighted by molar-refractivity contribution is -0.138. The van der Waals surface area contributed by atoms with Crippen LogP contribution in [0, 0.1) is 5.92 Å². The Bertz CT molecular complexity index is 511. The van der Waals surface area contributed by atoms with Gasteiger partial charge in [-0.05, 0) is 30.5 Å². The summed E-state index contributed by atoms with van der Waals surface area (Å²) < 4.78 is 43.9. The van der Waals surface area contributed by atoms with Crippen LogP contribution in [0.2, 0.25) is 0 Å². The molecule has 0 unspecified atom stereocenters. The number of nitrogens with one attached hydrogen (secondary N) is 1. The van der Waals surface area contributed by atoms with E-state index in [-0.39, 0.29) is 29.6 Å². The van der Waals surface area contributed by atoms with Gasteiger partial charge in [-0.15, -0.1) is 0 Å². The van der Waals surface area contributed by atoms with Crippen LogP contribution in [0.4, 0.5) is 18.9 Å². The van der Waals surface area contributed by atoms with E-state index in [1.807, 2.05) is 0 Å². The van der Waals surface area contributed by atoms with Crippen LogP contribution in [0.15, 0.2) is 18.2 Å². The molecule has 1 aromatic carbocycles. The molecule has 7 heteroatoms. The third-order valence-electron chi connectivity index (χ3n) is 3.49. The van der Waals surface area contributed by atoms with Gasteiger partial charge in [-0.2, -0.15) is 13.2 Å². The quantitative estimate of drug-likeness (QED) is 0.902. The fourth-order valence-electron chi connectivity index (χ4n) is 2.30. The van der Waals surface area contributed by atoms with Gasteiger partial charge in [0.15, 0.2) is 0 Å². The van der Waals surface area contributed by atoms with Crippen LogP contribution in [0.5, 0.6) is 0 Å². The standard InChI is InChI=1S/C14H17F3N2O2/c15-14(16,17)12-7-11(2-1-10(12)8-18)19-13(20)9-3-5-21-6-4-9/h1-2,7,9H,3-6,8,18H2,(H,19,20). The van der Waals surface area contributed by atoms with E-state index < -0.39 is 11.7 Å². The van der Waals surface area contributed by atoms with E-state index in [0.29, 0.717) is 26.1 Å². The number of nitrogens with two attached hydrogens (primary N) is 1. The second kappa shape index (κ2) is 6.44. The average molecular weight is 302 g/mol. The number of halogens is 3. The first-order chi connectivity index (χ1) is 9.91. The number of hydrogen-bond acceptors (Lipinski definition) is 3. The Morgan fingerprint density at radius 2 is 2.00 bits per heavy atom. The second-order valence-corrected chi connectivity index (χ2v) is 4.95. The number of carbonyl (C=O) groups excluding carboxylic acids is 1. The molecule has 1 saturated heterocycles. The molecule has 1 amide bonds. The molecule has 0 aliphatic carbocycles. The Hall–Kier alpha value is -1.60. The average Bonchev–Trinajstić information content (AvgIpc) is 2.47. The van der Waals surface area contributed by atoms with Gasteiger partial charge >= 0.3 is 6.18 Å². The van der Waals surface area contributed by atoms with Gasteiger partial charge in [0.2, 0.25) is 5.91 Å². The molecule has 0 saturated carbocycles. The summed E-state index contributed by atoms with van der Waals surface area (Å²) in [7, 11) is 0. The van der Waals surface area contributed by atoms with Crippen LogP contribution < -0.4 is 11.1 Å². The first-order valence-electron chi connectivity index (χ1n) is 6.70. The van der Waals surface area contributed by atoms with Crippen LogP contribution in [-0.4, -0.2) is 19.1 Å². The predicted octanol–water partition coefficient (Wildman–Crippen LogP) is 2.53.